The third kappa shape index (κ3) is 3.65. The Kier molecular flexibility index (Phi) is 5.40. The first-order valence-electron chi connectivity index (χ1n) is 8.74. The van der Waals surface area contributed by atoms with Gasteiger partial charge in [0, 0.05) is 21.4 Å². The summed E-state index contributed by atoms with van der Waals surface area (Å²) in [5.74, 6) is 0.737. The van der Waals surface area contributed by atoms with E-state index < -0.39 is 0 Å². The van der Waals surface area contributed by atoms with E-state index in [2.05, 4.69) is 20.2 Å². The number of fused-ring (bicyclic) bond motifs is 1. The largest absolute Gasteiger partial charge is 0.493 e. The van der Waals surface area contributed by atoms with Crippen LogP contribution in [0.15, 0.2) is 52.3 Å². The van der Waals surface area contributed by atoms with E-state index >= 15 is 0 Å². The number of aromatic nitrogens is 2. The zero-order chi connectivity index (χ0) is 19.5. The summed E-state index contributed by atoms with van der Waals surface area (Å²) in [5.41, 5.74) is 2.65. The van der Waals surface area contributed by atoms with Gasteiger partial charge in [-0.05, 0) is 43.0 Å². The molecule has 0 aliphatic heterocycles. The van der Waals surface area contributed by atoms with Crippen molar-refractivity contribution in [2.75, 3.05) is 6.61 Å². The molecular weight excluding hydrogens is 395 g/mol. The van der Waals surface area contributed by atoms with Crippen LogP contribution in [0.1, 0.15) is 17.4 Å². The smallest absolute Gasteiger partial charge is 0.195 e. The molecule has 8 heteroatoms. The van der Waals surface area contributed by atoms with Gasteiger partial charge >= 0.3 is 0 Å². The standard InChI is InChI=1S/C20H17FN4OS2/c1-3-26-16-9-13(21)6-7-15(16)18-12(2)17-19(28-18)20(23-11-22-17)25-24-10-14-5-4-8-27-14/h4-9,11H,3,10H2,1-2H3. The molecule has 0 N–H and O–H groups in total. The Morgan fingerprint density at radius 1 is 1.21 bits per heavy atom. The number of hydrogen-bond acceptors (Lipinski definition) is 7. The molecule has 5 nitrogen and oxygen atoms in total. The average molecular weight is 413 g/mol. The molecule has 28 heavy (non-hydrogen) atoms. The minimum absolute atomic E-state index is 0.325. The van der Waals surface area contributed by atoms with Crippen LogP contribution in [0.4, 0.5) is 10.2 Å². The molecule has 3 heterocycles. The van der Waals surface area contributed by atoms with Crippen molar-refractivity contribution in [2.24, 2.45) is 10.2 Å². The first kappa shape index (κ1) is 18.6. The van der Waals surface area contributed by atoms with Crippen molar-refractivity contribution in [3.05, 3.63) is 58.3 Å². The molecular formula is C20H17FN4OS2. The number of nitrogens with zero attached hydrogens (tertiary/aromatic N) is 4. The van der Waals surface area contributed by atoms with Crippen molar-refractivity contribution in [3.63, 3.8) is 0 Å². The number of halogens is 1. The average Bonchev–Trinajstić information content (AvgIpc) is 3.31. The molecule has 0 bridgehead atoms. The van der Waals surface area contributed by atoms with E-state index in [1.807, 2.05) is 31.4 Å². The third-order valence-corrected chi connectivity index (χ3v) is 6.32. The molecule has 4 rings (SSSR count). The number of ether oxygens (including phenoxy) is 1. The zero-order valence-electron chi connectivity index (χ0n) is 15.3. The highest BCUT2D eigenvalue weighted by Crippen LogP contribution is 2.43. The number of thiophene rings is 2. The highest BCUT2D eigenvalue weighted by molar-refractivity contribution is 7.23. The number of aryl methyl sites for hydroxylation is 1. The number of rotatable bonds is 6. The van der Waals surface area contributed by atoms with Gasteiger partial charge in [0.05, 0.1) is 18.7 Å². The van der Waals surface area contributed by atoms with Gasteiger partial charge in [0.25, 0.3) is 0 Å². The normalized spacial score (nSPS) is 11.5. The lowest BCUT2D eigenvalue weighted by atomic mass is 10.1. The van der Waals surface area contributed by atoms with Gasteiger partial charge < -0.3 is 4.74 Å². The van der Waals surface area contributed by atoms with Crippen LogP contribution in [-0.4, -0.2) is 16.6 Å². The third-order valence-electron chi connectivity index (χ3n) is 4.15. The molecule has 0 radical (unpaired) electrons. The van der Waals surface area contributed by atoms with E-state index in [1.54, 1.807) is 17.4 Å². The topological polar surface area (TPSA) is 59.7 Å². The van der Waals surface area contributed by atoms with Crippen LogP contribution >= 0.6 is 22.7 Å². The van der Waals surface area contributed by atoms with Crippen LogP contribution in [0.5, 0.6) is 5.75 Å². The minimum Gasteiger partial charge on any atom is -0.493 e. The summed E-state index contributed by atoms with van der Waals surface area (Å²) in [6.45, 7) is 4.85. The van der Waals surface area contributed by atoms with Gasteiger partial charge in [-0.2, -0.15) is 5.11 Å². The Balaban J connectivity index is 1.76. The molecule has 0 saturated carbocycles. The summed E-state index contributed by atoms with van der Waals surface area (Å²) in [5, 5.41) is 10.6. The van der Waals surface area contributed by atoms with Crippen LogP contribution in [-0.2, 0) is 6.54 Å². The van der Waals surface area contributed by atoms with Crippen molar-refractivity contribution in [1.29, 1.82) is 0 Å². The van der Waals surface area contributed by atoms with Crippen LogP contribution in [0.2, 0.25) is 0 Å². The zero-order valence-corrected chi connectivity index (χ0v) is 17.0. The fourth-order valence-corrected chi connectivity index (χ4v) is 4.71. The Hall–Kier alpha value is -2.71. The van der Waals surface area contributed by atoms with Gasteiger partial charge in [-0.3, -0.25) is 0 Å². The Labute approximate surface area is 169 Å². The second-order valence-corrected chi connectivity index (χ2v) is 8.04. The van der Waals surface area contributed by atoms with Gasteiger partial charge in [0.1, 0.15) is 22.6 Å². The molecule has 0 saturated heterocycles. The summed E-state index contributed by atoms with van der Waals surface area (Å²) >= 11 is 3.16. The molecule has 0 spiro atoms. The second-order valence-electron chi connectivity index (χ2n) is 5.98. The monoisotopic (exact) mass is 412 g/mol. The van der Waals surface area contributed by atoms with Crippen molar-refractivity contribution in [2.45, 2.75) is 20.4 Å². The van der Waals surface area contributed by atoms with E-state index in [1.165, 1.54) is 29.8 Å². The van der Waals surface area contributed by atoms with Crippen molar-refractivity contribution >= 4 is 38.7 Å². The number of azo groups is 1. The molecule has 0 unspecified atom stereocenters. The van der Waals surface area contributed by atoms with Crippen LogP contribution in [0, 0.1) is 12.7 Å². The number of benzene rings is 1. The number of hydrogen-bond donors (Lipinski definition) is 0. The molecule has 0 aliphatic rings. The van der Waals surface area contributed by atoms with Gasteiger partial charge in [-0.25, -0.2) is 14.4 Å². The van der Waals surface area contributed by atoms with E-state index in [-0.39, 0.29) is 5.82 Å². The maximum Gasteiger partial charge on any atom is 0.195 e. The molecule has 0 amide bonds. The molecule has 1 aromatic carbocycles. The predicted molar refractivity (Wildman–Crippen MR) is 111 cm³/mol. The predicted octanol–water partition coefficient (Wildman–Crippen LogP) is 6.55. The lowest BCUT2D eigenvalue weighted by Gasteiger charge is -2.09. The van der Waals surface area contributed by atoms with Gasteiger partial charge in [-0.1, -0.05) is 6.07 Å². The lowest BCUT2D eigenvalue weighted by Crippen LogP contribution is -1.94. The maximum absolute atomic E-state index is 13.7. The van der Waals surface area contributed by atoms with Crippen LogP contribution < -0.4 is 4.74 Å². The first-order valence-corrected chi connectivity index (χ1v) is 10.4. The van der Waals surface area contributed by atoms with Gasteiger partial charge in [0.2, 0.25) is 0 Å². The van der Waals surface area contributed by atoms with E-state index in [9.17, 15) is 4.39 Å². The summed E-state index contributed by atoms with van der Waals surface area (Å²) < 4.78 is 20.2. The van der Waals surface area contributed by atoms with E-state index in [0.717, 1.165) is 31.1 Å². The molecule has 3 aromatic heterocycles. The van der Waals surface area contributed by atoms with Gasteiger partial charge in [-0.15, -0.1) is 27.8 Å². The summed E-state index contributed by atoms with van der Waals surface area (Å²) in [6.07, 6.45) is 1.50. The van der Waals surface area contributed by atoms with Crippen LogP contribution in [0.25, 0.3) is 20.7 Å². The maximum atomic E-state index is 13.7. The van der Waals surface area contributed by atoms with Crippen molar-refractivity contribution in [3.8, 4) is 16.2 Å². The SMILES string of the molecule is CCOc1cc(F)ccc1-c1sc2c(N=NCc3cccs3)ncnc2c1C. The molecule has 142 valence electrons. The minimum atomic E-state index is -0.325. The van der Waals surface area contributed by atoms with Gasteiger partial charge in [0.15, 0.2) is 5.82 Å². The second kappa shape index (κ2) is 8.12. The summed E-state index contributed by atoms with van der Waals surface area (Å²) in [7, 11) is 0. The summed E-state index contributed by atoms with van der Waals surface area (Å²) in [6, 6.07) is 8.61. The van der Waals surface area contributed by atoms with Crippen molar-refractivity contribution < 1.29 is 9.13 Å². The fourth-order valence-electron chi connectivity index (χ4n) is 2.87. The highest BCUT2D eigenvalue weighted by atomic mass is 32.1. The van der Waals surface area contributed by atoms with Crippen LogP contribution in [0.3, 0.4) is 0 Å². The lowest BCUT2D eigenvalue weighted by molar-refractivity contribution is 0.340. The molecule has 0 atom stereocenters. The summed E-state index contributed by atoms with van der Waals surface area (Å²) in [4.78, 5) is 10.8. The van der Waals surface area contributed by atoms with E-state index in [0.29, 0.717) is 24.7 Å². The molecule has 0 fully saturated rings. The fraction of sp³-hybridized carbons (Fsp3) is 0.200. The Bertz CT molecular complexity index is 1140. The molecule has 4 aromatic rings. The first-order chi connectivity index (χ1) is 13.7. The quantitative estimate of drug-likeness (QED) is 0.337. The highest BCUT2D eigenvalue weighted by Gasteiger charge is 2.18. The Morgan fingerprint density at radius 3 is 2.89 bits per heavy atom. The Morgan fingerprint density at radius 2 is 2.11 bits per heavy atom. The molecule has 0 aliphatic carbocycles. The van der Waals surface area contributed by atoms with E-state index in [4.69, 9.17) is 4.74 Å². The van der Waals surface area contributed by atoms with Crippen molar-refractivity contribution in [1.82, 2.24) is 9.97 Å².